The van der Waals surface area contributed by atoms with Gasteiger partial charge in [-0.25, -0.2) is 13.4 Å². The molecular formula is C9H11N2O4S2. The fraction of sp³-hybridized carbons (Fsp3) is 0.556. The van der Waals surface area contributed by atoms with Gasteiger partial charge in [0.05, 0.1) is 12.8 Å². The van der Waals surface area contributed by atoms with Gasteiger partial charge < -0.3 is 4.74 Å². The normalized spacial score (nSPS) is 17.7. The Bertz CT molecular complexity index is 505. The predicted molar refractivity (Wildman–Crippen MR) is 59.9 cm³/mol. The van der Waals surface area contributed by atoms with Crippen LogP contribution in [0.25, 0.3) is 0 Å². The minimum atomic E-state index is -3.70. The van der Waals surface area contributed by atoms with Gasteiger partial charge in [-0.3, -0.25) is 4.79 Å². The number of sulfonamides is 1. The van der Waals surface area contributed by atoms with Crippen LogP contribution in [0.4, 0.5) is 0 Å². The van der Waals surface area contributed by atoms with Crippen LogP contribution < -0.4 is 4.72 Å². The topological polar surface area (TPSA) is 85.4 Å². The molecule has 1 radical (unpaired) electrons. The van der Waals surface area contributed by atoms with E-state index in [0.717, 1.165) is 11.3 Å². The van der Waals surface area contributed by atoms with Crippen molar-refractivity contribution in [3.05, 3.63) is 11.7 Å². The van der Waals surface area contributed by atoms with Crippen LogP contribution in [0.2, 0.25) is 0 Å². The van der Waals surface area contributed by atoms with Gasteiger partial charge in [-0.2, -0.15) is 4.72 Å². The molecule has 0 spiro atoms. The largest absolute Gasteiger partial charge is 0.465 e. The number of carbonyl (C=O) groups is 1. The summed E-state index contributed by atoms with van der Waals surface area (Å²) in [7, 11) is -3.70. The molecule has 1 aliphatic carbocycles. The molecule has 0 aromatic carbocycles. The lowest BCUT2D eigenvalue weighted by Gasteiger charge is -2.14. The highest BCUT2D eigenvalue weighted by Gasteiger charge is 2.54. The standard InChI is InChI=1S/C9H11N2O4S2/c1-2-15-8(12)9(3-4-9)11-17(13,14)7-5-10-6-16-7/h5,11H,2-4H2,1H3. The SMILES string of the molecule is CCOC(=O)C1(NS(=O)(=O)c2cn[c]s2)CC1. The van der Waals surface area contributed by atoms with E-state index in [2.05, 4.69) is 15.2 Å². The number of rotatable bonds is 5. The summed E-state index contributed by atoms with van der Waals surface area (Å²) in [4.78, 5) is 15.2. The quantitative estimate of drug-likeness (QED) is 0.782. The van der Waals surface area contributed by atoms with E-state index >= 15 is 0 Å². The number of nitrogens with one attached hydrogen (secondary N) is 1. The van der Waals surface area contributed by atoms with Crippen LogP contribution in [0, 0.1) is 5.51 Å². The number of nitrogens with zero attached hydrogens (tertiary/aromatic N) is 1. The smallest absolute Gasteiger partial charge is 0.327 e. The highest BCUT2D eigenvalue weighted by atomic mass is 32.2. The van der Waals surface area contributed by atoms with Crippen LogP contribution in [0.1, 0.15) is 19.8 Å². The molecule has 0 amide bonds. The highest BCUT2D eigenvalue weighted by molar-refractivity contribution is 7.91. The van der Waals surface area contributed by atoms with Crippen molar-refractivity contribution in [1.82, 2.24) is 9.71 Å². The second kappa shape index (κ2) is 4.35. The molecular weight excluding hydrogens is 264 g/mol. The van der Waals surface area contributed by atoms with Gasteiger partial charge >= 0.3 is 5.97 Å². The molecule has 1 aromatic heterocycles. The monoisotopic (exact) mass is 275 g/mol. The van der Waals surface area contributed by atoms with Gasteiger partial charge in [0.1, 0.15) is 5.54 Å². The molecule has 1 N–H and O–H groups in total. The van der Waals surface area contributed by atoms with E-state index < -0.39 is 21.5 Å². The summed E-state index contributed by atoms with van der Waals surface area (Å²) in [6.07, 6.45) is 2.13. The molecule has 1 saturated carbocycles. The zero-order valence-corrected chi connectivity index (χ0v) is 10.7. The molecule has 0 saturated heterocycles. The van der Waals surface area contributed by atoms with Crippen molar-refractivity contribution in [3.8, 4) is 0 Å². The molecule has 17 heavy (non-hydrogen) atoms. The number of esters is 1. The van der Waals surface area contributed by atoms with E-state index in [0.29, 0.717) is 12.8 Å². The lowest BCUT2D eigenvalue weighted by molar-refractivity contribution is -0.146. The number of ether oxygens (including phenoxy) is 1. The van der Waals surface area contributed by atoms with Gasteiger partial charge in [0.15, 0.2) is 9.72 Å². The maximum atomic E-state index is 11.9. The molecule has 93 valence electrons. The first-order valence-electron chi connectivity index (χ1n) is 5.03. The molecule has 1 aliphatic rings. The maximum Gasteiger partial charge on any atom is 0.327 e. The van der Waals surface area contributed by atoms with E-state index in [1.54, 1.807) is 6.92 Å². The summed E-state index contributed by atoms with van der Waals surface area (Å²) in [5.41, 5.74) is 1.38. The van der Waals surface area contributed by atoms with Crippen molar-refractivity contribution >= 4 is 27.3 Å². The second-order valence-corrected chi connectivity index (χ2v) is 6.41. The van der Waals surface area contributed by atoms with Gasteiger partial charge in [-0.05, 0) is 19.8 Å². The summed E-state index contributed by atoms with van der Waals surface area (Å²) < 4.78 is 31.1. The minimum Gasteiger partial charge on any atom is -0.465 e. The molecule has 6 nitrogen and oxygen atoms in total. The van der Waals surface area contributed by atoms with Crippen LogP contribution in [-0.2, 0) is 19.6 Å². The molecule has 0 bridgehead atoms. The van der Waals surface area contributed by atoms with Crippen molar-refractivity contribution < 1.29 is 17.9 Å². The predicted octanol–water partition coefficient (Wildman–Crippen LogP) is 0.317. The third-order valence-corrected chi connectivity index (χ3v) is 5.09. The average molecular weight is 275 g/mol. The van der Waals surface area contributed by atoms with E-state index in [-0.39, 0.29) is 10.8 Å². The third kappa shape index (κ3) is 2.48. The van der Waals surface area contributed by atoms with E-state index in [4.69, 9.17) is 4.74 Å². The summed E-state index contributed by atoms with van der Waals surface area (Å²) in [5.74, 6) is -0.517. The number of thiazole rings is 1. The molecule has 0 atom stereocenters. The molecule has 2 rings (SSSR count). The van der Waals surface area contributed by atoms with Crippen molar-refractivity contribution in [2.75, 3.05) is 6.61 Å². The van der Waals surface area contributed by atoms with Crippen molar-refractivity contribution in [2.45, 2.75) is 29.5 Å². The Morgan fingerprint density at radius 2 is 2.41 bits per heavy atom. The van der Waals surface area contributed by atoms with Crippen LogP contribution in [0.15, 0.2) is 10.4 Å². The first kappa shape index (κ1) is 12.5. The Balaban J connectivity index is 2.14. The number of hydrogen-bond acceptors (Lipinski definition) is 6. The van der Waals surface area contributed by atoms with Crippen LogP contribution in [-0.4, -0.2) is 31.5 Å². The summed E-state index contributed by atoms with van der Waals surface area (Å²) in [5, 5.41) is 0. The maximum absolute atomic E-state index is 11.9. The zero-order valence-electron chi connectivity index (χ0n) is 9.10. The van der Waals surface area contributed by atoms with Crippen molar-refractivity contribution in [1.29, 1.82) is 0 Å². The van der Waals surface area contributed by atoms with E-state index in [9.17, 15) is 13.2 Å². The lowest BCUT2D eigenvalue weighted by Crippen LogP contribution is -2.43. The molecule has 1 fully saturated rings. The number of carbonyl (C=O) groups excluding carboxylic acids is 1. The molecule has 1 aromatic rings. The second-order valence-electron chi connectivity index (χ2n) is 3.68. The van der Waals surface area contributed by atoms with Gasteiger partial charge in [-0.15, -0.1) is 0 Å². The fourth-order valence-corrected chi connectivity index (χ4v) is 3.42. The van der Waals surface area contributed by atoms with E-state index in [1.807, 2.05) is 0 Å². The highest BCUT2D eigenvalue weighted by Crippen LogP contribution is 2.38. The Kier molecular flexibility index (Phi) is 3.19. The number of aromatic nitrogens is 1. The molecule has 8 heteroatoms. The number of hydrogen-bond donors (Lipinski definition) is 1. The Morgan fingerprint density at radius 1 is 1.71 bits per heavy atom. The van der Waals surface area contributed by atoms with Crippen LogP contribution >= 0.6 is 11.3 Å². The van der Waals surface area contributed by atoms with E-state index in [1.165, 1.54) is 6.20 Å². The first-order chi connectivity index (χ1) is 8.00. The Hall–Kier alpha value is -0.990. The van der Waals surface area contributed by atoms with Crippen molar-refractivity contribution in [3.63, 3.8) is 0 Å². The average Bonchev–Trinajstić information content (AvgIpc) is 2.82. The van der Waals surface area contributed by atoms with Crippen molar-refractivity contribution in [2.24, 2.45) is 0 Å². The van der Waals surface area contributed by atoms with Gasteiger partial charge in [0.25, 0.3) is 10.0 Å². The van der Waals surface area contributed by atoms with Gasteiger partial charge in [0.2, 0.25) is 0 Å². The Labute approximate surface area is 103 Å². The first-order valence-corrected chi connectivity index (χ1v) is 7.33. The Morgan fingerprint density at radius 3 is 2.88 bits per heavy atom. The third-order valence-electron chi connectivity index (χ3n) is 2.38. The van der Waals surface area contributed by atoms with Gasteiger partial charge in [-0.1, -0.05) is 11.3 Å². The summed E-state index contributed by atoms with van der Waals surface area (Å²) >= 11 is 0.885. The van der Waals surface area contributed by atoms with Crippen LogP contribution in [0.5, 0.6) is 0 Å². The lowest BCUT2D eigenvalue weighted by atomic mass is 10.3. The minimum absolute atomic E-state index is 0.0491. The molecule has 1 heterocycles. The molecule has 0 unspecified atom stereocenters. The zero-order chi connectivity index (χ0) is 12.5. The molecule has 0 aliphatic heterocycles. The van der Waals surface area contributed by atoms with Crippen LogP contribution in [0.3, 0.4) is 0 Å². The summed E-state index contributed by atoms with van der Waals surface area (Å²) in [6.45, 7) is 1.91. The fourth-order valence-electron chi connectivity index (χ4n) is 1.35. The van der Waals surface area contributed by atoms with Gasteiger partial charge in [0, 0.05) is 0 Å². The summed E-state index contributed by atoms with van der Waals surface area (Å²) in [6, 6.07) is 0.